The first kappa shape index (κ1) is 27.9. The van der Waals surface area contributed by atoms with Crippen LogP contribution in [0, 0.1) is 0 Å². The highest BCUT2D eigenvalue weighted by atomic mass is 14.9. The van der Waals surface area contributed by atoms with Crippen LogP contribution in [-0.2, 0) is 0 Å². The topological polar surface area (TPSA) is 50.7 Å². The first-order valence-electron chi connectivity index (χ1n) is 16.2. The van der Waals surface area contributed by atoms with E-state index in [0.717, 1.165) is 50.4 Å². The minimum absolute atomic E-state index is 0.0153. The molecule has 4 nitrogen and oxygen atoms in total. The predicted molar refractivity (Wildman–Crippen MR) is 198 cm³/mol. The Morgan fingerprint density at radius 3 is 1.85 bits per heavy atom. The van der Waals surface area contributed by atoms with Crippen molar-refractivity contribution < 1.29 is 0 Å². The summed E-state index contributed by atoms with van der Waals surface area (Å²) in [5.74, 6) is 0.605. The number of nitrogens with one attached hydrogen (secondary N) is 1. The normalized spacial score (nSPS) is 13.7. The number of rotatable bonds is 5. The largest absolute Gasteiger partial charge is 0.374 e. The van der Waals surface area contributed by atoms with Gasteiger partial charge in [0.25, 0.3) is 0 Å². The van der Waals surface area contributed by atoms with E-state index >= 15 is 0 Å². The average Bonchev–Trinajstić information content (AvgIpc) is 3.17. The number of benzene rings is 6. The van der Waals surface area contributed by atoms with Crippen LogP contribution in [0.2, 0.25) is 0 Å². The molecule has 0 spiro atoms. The molecule has 2 aromatic heterocycles. The fourth-order valence-electron chi connectivity index (χ4n) is 6.51. The first-order chi connectivity index (χ1) is 23.7. The minimum Gasteiger partial charge on any atom is -0.374 e. The number of anilines is 1. The molecule has 3 heterocycles. The molecule has 48 heavy (non-hydrogen) atoms. The van der Waals surface area contributed by atoms with Gasteiger partial charge in [0.05, 0.1) is 22.9 Å². The molecule has 4 heteroatoms. The molecule has 0 saturated heterocycles. The summed E-state index contributed by atoms with van der Waals surface area (Å²) in [6, 6.07) is 55.0. The molecule has 1 aliphatic heterocycles. The molecule has 1 unspecified atom stereocenters. The lowest BCUT2D eigenvalue weighted by molar-refractivity contribution is 0.981. The zero-order chi connectivity index (χ0) is 31.9. The van der Waals surface area contributed by atoms with Gasteiger partial charge in [-0.1, -0.05) is 140 Å². The quantitative estimate of drug-likeness (QED) is 0.210. The molecule has 0 radical (unpaired) electrons. The third kappa shape index (κ3) is 5.29. The van der Waals surface area contributed by atoms with E-state index in [1.807, 2.05) is 42.5 Å². The van der Waals surface area contributed by atoms with Gasteiger partial charge >= 0.3 is 0 Å². The molecule has 9 rings (SSSR count). The third-order valence-corrected chi connectivity index (χ3v) is 9.08. The molecule has 226 valence electrons. The second-order valence-corrected chi connectivity index (χ2v) is 12.2. The van der Waals surface area contributed by atoms with Crippen LogP contribution in [-0.4, -0.2) is 15.0 Å². The van der Waals surface area contributed by atoms with Crippen LogP contribution in [0.4, 0.5) is 5.69 Å². The van der Waals surface area contributed by atoms with E-state index in [0.29, 0.717) is 5.82 Å². The Hall–Kier alpha value is -6.39. The Balaban J connectivity index is 1.06. The van der Waals surface area contributed by atoms with Crippen LogP contribution >= 0.6 is 0 Å². The molecule has 1 aliphatic rings. The lowest BCUT2D eigenvalue weighted by atomic mass is 9.95. The molecule has 0 fully saturated rings. The Kier molecular flexibility index (Phi) is 6.83. The maximum absolute atomic E-state index is 5.12. The smallest absolute Gasteiger partial charge is 0.179 e. The number of fused-ring (bicyclic) bond motifs is 3. The lowest BCUT2D eigenvalue weighted by Gasteiger charge is -2.24. The molecule has 8 aromatic rings. The van der Waals surface area contributed by atoms with Gasteiger partial charge in [-0.05, 0) is 63.4 Å². The highest BCUT2D eigenvalue weighted by Gasteiger charge is 2.17. The van der Waals surface area contributed by atoms with Crippen molar-refractivity contribution in [2.45, 2.75) is 6.04 Å². The summed E-state index contributed by atoms with van der Waals surface area (Å²) in [7, 11) is 0. The maximum Gasteiger partial charge on any atom is 0.179 e. The van der Waals surface area contributed by atoms with Crippen molar-refractivity contribution in [3.8, 4) is 45.2 Å². The molecule has 0 saturated carbocycles. The number of aromatic nitrogens is 3. The molecule has 0 aliphatic carbocycles. The molecule has 1 atom stereocenters. The number of hydrogen-bond donors (Lipinski definition) is 1. The van der Waals surface area contributed by atoms with E-state index in [1.165, 1.54) is 27.5 Å². The van der Waals surface area contributed by atoms with Crippen LogP contribution in [0.3, 0.4) is 0 Å². The number of hydrogen-bond acceptors (Lipinski definition) is 4. The Morgan fingerprint density at radius 1 is 0.438 bits per heavy atom. The van der Waals surface area contributed by atoms with E-state index in [1.54, 1.807) is 0 Å². The SMILES string of the molecule is C1=CC(c2ccc3ccc(-c4nc(-c5ccccc5)cc(-c5ccccc5)n4)nc3c2)Nc2cc(-c3ccc4ccccc4c3)ccc21. The Morgan fingerprint density at radius 2 is 1.08 bits per heavy atom. The van der Waals surface area contributed by atoms with E-state index in [9.17, 15) is 0 Å². The van der Waals surface area contributed by atoms with E-state index < -0.39 is 0 Å². The summed E-state index contributed by atoms with van der Waals surface area (Å²) in [6.45, 7) is 0. The van der Waals surface area contributed by atoms with Gasteiger partial charge in [0.15, 0.2) is 5.82 Å². The van der Waals surface area contributed by atoms with E-state index in [4.69, 9.17) is 15.0 Å². The van der Waals surface area contributed by atoms with Crippen LogP contribution in [0.1, 0.15) is 17.2 Å². The molecule has 1 N–H and O–H groups in total. The summed E-state index contributed by atoms with van der Waals surface area (Å²) in [5, 5.41) is 7.35. The highest BCUT2D eigenvalue weighted by molar-refractivity contribution is 5.89. The van der Waals surface area contributed by atoms with Crippen molar-refractivity contribution in [1.82, 2.24) is 15.0 Å². The molecular weight excluding hydrogens is 585 g/mol. The van der Waals surface area contributed by atoms with Gasteiger partial charge in [0.2, 0.25) is 0 Å². The van der Waals surface area contributed by atoms with Gasteiger partial charge in [-0.15, -0.1) is 0 Å². The van der Waals surface area contributed by atoms with E-state index in [2.05, 4.69) is 133 Å². The Bertz CT molecular complexity index is 2430. The van der Waals surface area contributed by atoms with Crippen LogP contribution in [0.25, 0.3) is 72.9 Å². The maximum atomic E-state index is 5.12. The fourth-order valence-corrected chi connectivity index (χ4v) is 6.51. The first-order valence-corrected chi connectivity index (χ1v) is 16.2. The van der Waals surface area contributed by atoms with Gasteiger partial charge in [0.1, 0.15) is 5.69 Å². The van der Waals surface area contributed by atoms with Gasteiger partial charge in [-0.25, -0.2) is 15.0 Å². The van der Waals surface area contributed by atoms with Crippen molar-refractivity contribution in [3.63, 3.8) is 0 Å². The minimum atomic E-state index is 0.0153. The summed E-state index contributed by atoms with van der Waals surface area (Å²) >= 11 is 0. The molecular formula is C44H30N4. The summed E-state index contributed by atoms with van der Waals surface area (Å²) < 4.78 is 0. The zero-order valence-electron chi connectivity index (χ0n) is 26.1. The van der Waals surface area contributed by atoms with Gasteiger partial charge in [0, 0.05) is 22.2 Å². The summed E-state index contributed by atoms with van der Waals surface area (Å²) in [4.78, 5) is 15.1. The van der Waals surface area contributed by atoms with Crippen LogP contribution < -0.4 is 5.32 Å². The van der Waals surface area contributed by atoms with Crippen LogP contribution in [0.15, 0.2) is 164 Å². The van der Waals surface area contributed by atoms with Crippen molar-refractivity contribution in [1.29, 1.82) is 0 Å². The fraction of sp³-hybridized carbons (Fsp3) is 0.0227. The number of pyridine rings is 1. The van der Waals surface area contributed by atoms with Gasteiger partial charge in [-0.3, -0.25) is 0 Å². The molecule has 0 amide bonds. The zero-order valence-corrected chi connectivity index (χ0v) is 26.1. The second kappa shape index (κ2) is 11.8. The van der Waals surface area contributed by atoms with E-state index in [-0.39, 0.29) is 6.04 Å². The molecule has 0 bridgehead atoms. The van der Waals surface area contributed by atoms with Crippen molar-refractivity contribution in [2.75, 3.05) is 5.32 Å². The summed E-state index contributed by atoms with van der Waals surface area (Å²) in [6.07, 6.45) is 4.43. The van der Waals surface area contributed by atoms with Gasteiger partial charge in [-0.2, -0.15) is 0 Å². The lowest BCUT2D eigenvalue weighted by Crippen LogP contribution is -2.12. The van der Waals surface area contributed by atoms with Crippen molar-refractivity contribution >= 4 is 33.4 Å². The average molecular weight is 615 g/mol. The second-order valence-electron chi connectivity index (χ2n) is 12.2. The predicted octanol–water partition coefficient (Wildman–Crippen LogP) is 11.0. The standard InChI is InChI=1S/C44H30N4/c1-3-10-30(11-4-1)42-28-43(31-12-5-2-6-13-31)48-44(47-42)39-24-22-33-17-20-37(27-41(33)46-39)38-23-21-32-16-19-36(26-40(32)45-38)35-18-15-29-9-7-8-14-34(29)25-35/h1-28,38,45H. The Labute approximate surface area is 279 Å². The van der Waals surface area contributed by atoms with Crippen molar-refractivity contribution in [3.05, 3.63) is 175 Å². The molecule has 6 aromatic carbocycles. The van der Waals surface area contributed by atoms with Crippen LogP contribution in [0.5, 0.6) is 0 Å². The number of nitrogens with zero attached hydrogens (tertiary/aromatic N) is 3. The summed E-state index contributed by atoms with van der Waals surface area (Å²) in [5.41, 5.74) is 11.3. The van der Waals surface area contributed by atoms with Gasteiger partial charge < -0.3 is 5.32 Å². The monoisotopic (exact) mass is 614 g/mol. The third-order valence-electron chi connectivity index (χ3n) is 9.08. The van der Waals surface area contributed by atoms with Crippen molar-refractivity contribution in [2.24, 2.45) is 0 Å². The highest BCUT2D eigenvalue weighted by Crippen LogP contribution is 2.35.